The Kier molecular flexibility index (Phi) is 20.4. The van der Waals surface area contributed by atoms with Gasteiger partial charge in [-0.3, -0.25) is 4.79 Å². The second-order valence-electron chi connectivity index (χ2n) is 8.06. The van der Waals surface area contributed by atoms with E-state index >= 15 is 0 Å². The predicted octanol–water partition coefficient (Wildman–Crippen LogP) is 8.23. The van der Waals surface area contributed by atoms with Crippen molar-refractivity contribution in [2.45, 2.75) is 136 Å². The van der Waals surface area contributed by atoms with Crippen molar-refractivity contribution in [2.24, 2.45) is 5.92 Å². The molecule has 0 bridgehead atoms. The minimum atomic E-state index is 0.0134. The molecule has 26 heavy (non-hydrogen) atoms. The Morgan fingerprint density at radius 1 is 0.654 bits per heavy atom. The number of ether oxygens (including phenoxy) is 1. The largest absolute Gasteiger partial charge is 0.466 e. The third-order valence-corrected chi connectivity index (χ3v) is 5.55. The van der Waals surface area contributed by atoms with E-state index in [1.807, 2.05) is 0 Å². The van der Waals surface area contributed by atoms with Gasteiger partial charge in [0.2, 0.25) is 0 Å². The maximum atomic E-state index is 11.7. The lowest BCUT2D eigenvalue weighted by Crippen LogP contribution is -2.09. The summed E-state index contributed by atoms with van der Waals surface area (Å²) in [5.74, 6) is 0.739. The summed E-state index contributed by atoms with van der Waals surface area (Å²) in [6, 6.07) is 0. The average molecular weight is 369 g/mol. The molecule has 0 aliphatic carbocycles. The zero-order chi connectivity index (χ0) is 19.3. The molecule has 0 aliphatic rings. The molecular formula is C24H48O2. The van der Waals surface area contributed by atoms with Crippen LogP contribution in [0.2, 0.25) is 0 Å². The first-order chi connectivity index (χ1) is 12.7. The van der Waals surface area contributed by atoms with Gasteiger partial charge >= 0.3 is 5.97 Å². The summed E-state index contributed by atoms with van der Waals surface area (Å²) in [6.07, 6.45) is 22.8. The number of rotatable bonds is 20. The molecule has 0 fully saturated rings. The highest BCUT2D eigenvalue weighted by atomic mass is 16.5. The molecule has 156 valence electrons. The van der Waals surface area contributed by atoms with Crippen molar-refractivity contribution in [3.63, 3.8) is 0 Å². The van der Waals surface area contributed by atoms with E-state index in [1.165, 1.54) is 96.3 Å². The molecule has 1 unspecified atom stereocenters. The minimum Gasteiger partial charge on any atom is -0.466 e. The van der Waals surface area contributed by atoms with Crippen LogP contribution in [0.5, 0.6) is 0 Å². The molecule has 0 aromatic carbocycles. The summed E-state index contributed by atoms with van der Waals surface area (Å²) in [7, 11) is 0. The number of hydrogen-bond donors (Lipinski definition) is 0. The van der Waals surface area contributed by atoms with Gasteiger partial charge in [-0.15, -0.1) is 0 Å². The lowest BCUT2D eigenvalue weighted by molar-refractivity contribution is -0.144. The Balaban J connectivity index is 3.25. The molecule has 0 heterocycles. The number of carbonyl (C=O) groups excluding carboxylic acids is 1. The van der Waals surface area contributed by atoms with Gasteiger partial charge in [0, 0.05) is 6.42 Å². The summed E-state index contributed by atoms with van der Waals surface area (Å²) in [5, 5.41) is 0. The standard InChI is InChI=1S/C24H48O2/c1-4-7-8-9-10-11-12-13-14-15-16-17-18-20-24(25)26-22-21-23(6-3)19-5-2/h23H,4-22H2,1-3H3. The fourth-order valence-electron chi connectivity index (χ4n) is 3.66. The van der Waals surface area contributed by atoms with Gasteiger partial charge in [0.15, 0.2) is 0 Å². The quantitative estimate of drug-likeness (QED) is 0.160. The second-order valence-corrected chi connectivity index (χ2v) is 8.06. The van der Waals surface area contributed by atoms with Gasteiger partial charge in [-0.05, 0) is 18.8 Å². The summed E-state index contributed by atoms with van der Waals surface area (Å²) in [6.45, 7) is 7.36. The van der Waals surface area contributed by atoms with Gasteiger partial charge in [0.25, 0.3) is 0 Å². The van der Waals surface area contributed by atoms with E-state index in [2.05, 4.69) is 20.8 Å². The zero-order valence-corrected chi connectivity index (χ0v) is 18.3. The van der Waals surface area contributed by atoms with E-state index < -0.39 is 0 Å². The fourth-order valence-corrected chi connectivity index (χ4v) is 3.66. The van der Waals surface area contributed by atoms with Crippen molar-refractivity contribution in [2.75, 3.05) is 6.61 Å². The number of esters is 1. The van der Waals surface area contributed by atoms with Crippen LogP contribution >= 0.6 is 0 Å². The first-order valence-corrected chi connectivity index (χ1v) is 11.9. The van der Waals surface area contributed by atoms with Gasteiger partial charge in [-0.1, -0.05) is 117 Å². The topological polar surface area (TPSA) is 26.3 Å². The molecule has 0 aliphatic heterocycles. The highest BCUT2D eigenvalue weighted by Gasteiger charge is 2.07. The van der Waals surface area contributed by atoms with Crippen molar-refractivity contribution >= 4 is 5.97 Å². The Hall–Kier alpha value is -0.530. The summed E-state index contributed by atoms with van der Waals surface area (Å²) >= 11 is 0. The molecule has 1 atom stereocenters. The Morgan fingerprint density at radius 2 is 1.15 bits per heavy atom. The number of unbranched alkanes of at least 4 members (excludes halogenated alkanes) is 12. The van der Waals surface area contributed by atoms with E-state index in [0.717, 1.165) is 18.8 Å². The molecule has 0 amide bonds. The second kappa shape index (κ2) is 20.8. The molecule has 0 rings (SSSR count). The molecule has 0 aromatic rings. The van der Waals surface area contributed by atoms with Crippen molar-refractivity contribution in [3.8, 4) is 0 Å². The molecule has 2 nitrogen and oxygen atoms in total. The van der Waals surface area contributed by atoms with Gasteiger partial charge in [0.05, 0.1) is 6.61 Å². The summed E-state index contributed by atoms with van der Waals surface area (Å²) in [4.78, 5) is 11.7. The third-order valence-electron chi connectivity index (χ3n) is 5.55. The van der Waals surface area contributed by atoms with Crippen LogP contribution in [0.4, 0.5) is 0 Å². The Bertz CT molecular complexity index is 288. The van der Waals surface area contributed by atoms with Crippen LogP contribution in [0, 0.1) is 5.92 Å². The van der Waals surface area contributed by atoms with Crippen LogP contribution in [-0.2, 0) is 9.53 Å². The van der Waals surface area contributed by atoms with Crippen molar-refractivity contribution < 1.29 is 9.53 Å². The lowest BCUT2D eigenvalue weighted by atomic mass is 9.98. The Morgan fingerprint density at radius 3 is 1.62 bits per heavy atom. The SMILES string of the molecule is CCCCCCCCCCCCCCCC(=O)OCCC(CC)CCC. The molecule has 0 spiro atoms. The minimum absolute atomic E-state index is 0.0134. The molecule has 2 heteroatoms. The molecule has 0 saturated heterocycles. The van der Waals surface area contributed by atoms with Crippen LogP contribution in [-0.4, -0.2) is 12.6 Å². The fraction of sp³-hybridized carbons (Fsp3) is 0.958. The third kappa shape index (κ3) is 18.3. The van der Waals surface area contributed by atoms with Crippen LogP contribution in [0.3, 0.4) is 0 Å². The van der Waals surface area contributed by atoms with Gasteiger partial charge in [-0.25, -0.2) is 0 Å². The van der Waals surface area contributed by atoms with Gasteiger partial charge in [0.1, 0.15) is 0 Å². The highest BCUT2D eigenvalue weighted by molar-refractivity contribution is 5.69. The molecule has 0 aromatic heterocycles. The average Bonchev–Trinajstić information content (AvgIpc) is 2.64. The smallest absolute Gasteiger partial charge is 0.305 e. The predicted molar refractivity (Wildman–Crippen MR) is 115 cm³/mol. The van der Waals surface area contributed by atoms with E-state index in [9.17, 15) is 4.79 Å². The van der Waals surface area contributed by atoms with Gasteiger partial charge in [-0.2, -0.15) is 0 Å². The lowest BCUT2D eigenvalue weighted by Gasteiger charge is -2.13. The number of carbonyl (C=O) groups is 1. The van der Waals surface area contributed by atoms with Crippen molar-refractivity contribution in [1.82, 2.24) is 0 Å². The molecule has 0 N–H and O–H groups in total. The van der Waals surface area contributed by atoms with E-state index in [1.54, 1.807) is 0 Å². The van der Waals surface area contributed by atoms with Gasteiger partial charge < -0.3 is 4.74 Å². The van der Waals surface area contributed by atoms with E-state index in [4.69, 9.17) is 4.74 Å². The molecule has 0 radical (unpaired) electrons. The monoisotopic (exact) mass is 368 g/mol. The van der Waals surface area contributed by atoms with Crippen LogP contribution in [0.15, 0.2) is 0 Å². The normalized spacial score (nSPS) is 12.3. The molecule has 0 saturated carbocycles. The maximum Gasteiger partial charge on any atom is 0.305 e. The van der Waals surface area contributed by atoms with Crippen LogP contribution in [0.1, 0.15) is 136 Å². The maximum absolute atomic E-state index is 11.7. The summed E-state index contributed by atoms with van der Waals surface area (Å²) < 4.78 is 5.39. The number of hydrogen-bond acceptors (Lipinski definition) is 2. The Labute approximate surface area is 164 Å². The van der Waals surface area contributed by atoms with Crippen molar-refractivity contribution in [1.29, 1.82) is 0 Å². The highest BCUT2D eigenvalue weighted by Crippen LogP contribution is 2.16. The summed E-state index contributed by atoms with van der Waals surface area (Å²) in [5.41, 5.74) is 0. The van der Waals surface area contributed by atoms with E-state index in [-0.39, 0.29) is 5.97 Å². The first kappa shape index (κ1) is 25.5. The van der Waals surface area contributed by atoms with Crippen molar-refractivity contribution in [3.05, 3.63) is 0 Å². The van der Waals surface area contributed by atoms with Crippen LogP contribution < -0.4 is 0 Å². The molecular weight excluding hydrogens is 320 g/mol. The first-order valence-electron chi connectivity index (χ1n) is 11.9. The van der Waals surface area contributed by atoms with Crippen LogP contribution in [0.25, 0.3) is 0 Å². The van der Waals surface area contributed by atoms with E-state index in [0.29, 0.717) is 13.0 Å². The zero-order valence-electron chi connectivity index (χ0n) is 18.3.